The lowest BCUT2D eigenvalue weighted by atomic mass is 10.2. The Kier molecular flexibility index (Phi) is 6.63. The number of rotatable bonds is 8. The van der Waals surface area contributed by atoms with E-state index < -0.39 is 0 Å². The lowest BCUT2D eigenvalue weighted by Gasteiger charge is -2.09. The van der Waals surface area contributed by atoms with Crippen molar-refractivity contribution >= 4 is 40.0 Å². The minimum atomic E-state index is -0.387. The van der Waals surface area contributed by atoms with Crippen molar-refractivity contribution < 1.29 is 19.1 Å². The van der Waals surface area contributed by atoms with Crippen LogP contribution in [-0.4, -0.2) is 63.9 Å². The van der Waals surface area contributed by atoms with Crippen LogP contribution < -0.4 is 15.4 Å². The maximum atomic E-state index is 12.3. The normalized spacial score (nSPS) is 16.3. The Morgan fingerprint density at radius 2 is 2.33 bits per heavy atom. The van der Waals surface area contributed by atoms with E-state index in [1.54, 1.807) is 13.2 Å². The summed E-state index contributed by atoms with van der Waals surface area (Å²) in [5, 5.41) is 17.8. The molecule has 1 saturated heterocycles. The topological polar surface area (TPSA) is 120 Å². The quantitative estimate of drug-likeness (QED) is 0.485. The van der Waals surface area contributed by atoms with E-state index in [9.17, 15) is 9.59 Å². The number of carbonyl (C=O) groups excluding carboxylic acids is 2. The molecule has 1 fully saturated rings. The number of methoxy groups -OCH3 is 1. The van der Waals surface area contributed by atoms with Gasteiger partial charge in [0.15, 0.2) is 4.34 Å². The van der Waals surface area contributed by atoms with Crippen LogP contribution in [-0.2, 0) is 16.6 Å². The number of nitrogens with zero attached hydrogens (tertiary/aromatic N) is 4. The highest BCUT2D eigenvalue weighted by molar-refractivity contribution is 8.01. The van der Waals surface area contributed by atoms with Crippen molar-refractivity contribution in [2.24, 2.45) is 7.05 Å². The van der Waals surface area contributed by atoms with E-state index in [4.69, 9.17) is 9.47 Å². The lowest BCUT2D eigenvalue weighted by molar-refractivity contribution is -0.119. The second-order valence-corrected chi connectivity index (χ2v) is 7.98. The number of carbonyl (C=O) groups is 2. The first kappa shape index (κ1) is 19.6. The van der Waals surface area contributed by atoms with Gasteiger partial charge >= 0.3 is 0 Å². The Morgan fingerprint density at radius 3 is 3.07 bits per heavy atom. The van der Waals surface area contributed by atoms with Crippen LogP contribution >= 0.6 is 23.1 Å². The molecular formula is C15H20N6O4S2. The zero-order chi connectivity index (χ0) is 19.2. The van der Waals surface area contributed by atoms with E-state index in [0.29, 0.717) is 21.6 Å². The SMILES string of the molecule is COc1nn(C)cc1C(=O)Nc1nnc(SCC(=O)NCC2CCCO2)s1. The summed E-state index contributed by atoms with van der Waals surface area (Å²) in [6, 6.07) is 0. The third-order valence-electron chi connectivity index (χ3n) is 3.74. The van der Waals surface area contributed by atoms with Crippen molar-refractivity contribution in [1.82, 2.24) is 25.3 Å². The number of amides is 2. The van der Waals surface area contributed by atoms with Crippen LogP contribution in [0.5, 0.6) is 5.88 Å². The van der Waals surface area contributed by atoms with E-state index in [1.165, 1.54) is 34.9 Å². The maximum Gasteiger partial charge on any atom is 0.264 e. The summed E-state index contributed by atoms with van der Waals surface area (Å²) >= 11 is 2.46. The molecular weight excluding hydrogens is 392 g/mol. The van der Waals surface area contributed by atoms with E-state index in [0.717, 1.165) is 19.4 Å². The molecule has 0 spiro atoms. The second-order valence-electron chi connectivity index (χ2n) is 5.78. The Bertz CT molecular complexity index is 802. The fourth-order valence-electron chi connectivity index (χ4n) is 2.47. The average Bonchev–Trinajstić information content (AvgIpc) is 3.39. The van der Waals surface area contributed by atoms with E-state index >= 15 is 0 Å². The van der Waals surface area contributed by atoms with Gasteiger partial charge in [0.05, 0.1) is 19.0 Å². The van der Waals surface area contributed by atoms with Crippen LogP contribution in [0.25, 0.3) is 0 Å². The van der Waals surface area contributed by atoms with Gasteiger partial charge in [-0.05, 0) is 12.8 Å². The molecule has 0 bridgehead atoms. The van der Waals surface area contributed by atoms with Crippen LogP contribution in [0.15, 0.2) is 10.5 Å². The summed E-state index contributed by atoms with van der Waals surface area (Å²) in [6.45, 7) is 1.29. The summed E-state index contributed by atoms with van der Waals surface area (Å²) in [7, 11) is 3.14. The lowest BCUT2D eigenvalue weighted by Crippen LogP contribution is -2.32. The molecule has 0 aromatic carbocycles. The van der Waals surface area contributed by atoms with Crippen LogP contribution in [0, 0.1) is 0 Å². The molecule has 2 aromatic heterocycles. The molecule has 1 aliphatic rings. The van der Waals surface area contributed by atoms with Gasteiger partial charge in [0.25, 0.3) is 5.91 Å². The van der Waals surface area contributed by atoms with Crippen molar-refractivity contribution in [3.8, 4) is 5.88 Å². The third kappa shape index (κ3) is 5.40. The first-order valence-electron chi connectivity index (χ1n) is 8.28. The molecule has 0 aliphatic carbocycles. The van der Waals surface area contributed by atoms with E-state index in [1.807, 2.05) is 0 Å². The molecule has 1 atom stereocenters. The second kappa shape index (κ2) is 9.15. The standard InChI is InChI=1S/C15H20N6O4S2/c1-21-7-10(13(20-21)24-2)12(23)17-14-18-19-15(27-14)26-8-11(22)16-6-9-4-3-5-25-9/h7,9H,3-6,8H2,1-2H3,(H,16,22)(H,17,18,23). The molecule has 27 heavy (non-hydrogen) atoms. The minimum absolute atomic E-state index is 0.0867. The summed E-state index contributed by atoms with van der Waals surface area (Å²) in [5.74, 6) is -0.0125. The number of aromatic nitrogens is 4. The molecule has 10 nitrogen and oxygen atoms in total. The van der Waals surface area contributed by atoms with Crippen molar-refractivity contribution in [2.75, 3.05) is 31.3 Å². The minimum Gasteiger partial charge on any atom is -0.479 e. The highest BCUT2D eigenvalue weighted by Gasteiger charge is 2.19. The van der Waals surface area contributed by atoms with Gasteiger partial charge < -0.3 is 14.8 Å². The number of aryl methyl sites for hydroxylation is 1. The molecule has 3 heterocycles. The van der Waals surface area contributed by atoms with Crippen LogP contribution in [0.4, 0.5) is 5.13 Å². The Balaban J connectivity index is 1.46. The molecule has 2 aromatic rings. The largest absolute Gasteiger partial charge is 0.479 e. The zero-order valence-corrected chi connectivity index (χ0v) is 16.6. The first-order valence-corrected chi connectivity index (χ1v) is 10.1. The summed E-state index contributed by atoms with van der Waals surface area (Å²) < 4.78 is 12.6. The number of thioether (sulfide) groups is 1. The zero-order valence-electron chi connectivity index (χ0n) is 14.9. The molecule has 1 unspecified atom stereocenters. The van der Waals surface area contributed by atoms with Gasteiger partial charge in [-0.25, -0.2) is 0 Å². The molecule has 2 N–H and O–H groups in total. The summed E-state index contributed by atoms with van der Waals surface area (Å²) in [4.78, 5) is 24.2. The number of nitrogens with one attached hydrogen (secondary N) is 2. The Hall–Kier alpha value is -2.18. The number of ether oxygens (including phenoxy) is 2. The first-order chi connectivity index (χ1) is 13.0. The Morgan fingerprint density at radius 1 is 1.48 bits per heavy atom. The predicted octanol–water partition coefficient (Wildman–Crippen LogP) is 0.920. The van der Waals surface area contributed by atoms with Crippen molar-refractivity contribution in [2.45, 2.75) is 23.3 Å². The van der Waals surface area contributed by atoms with Gasteiger partial charge in [-0.15, -0.1) is 15.3 Å². The Labute approximate surface area is 164 Å². The van der Waals surface area contributed by atoms with Crippen molar-refractivity contribution in [3.63, 3.8) is 0 Å². The average molecular weight is 412 g/mol. The number of hydrogen-bond acceptors (Lipinski definition) is 9. The van der Waals surface area contributed by atoms with Crippen molar-refractivity contribution in [3.05, 3.63) is 11.8 Å². The highest BCUT2D eigenvalue weighted by Crippen LogP contribution is 2.26. The molecule has 0 saturated carbocycles. The third-order valence-corrected chi connectivity index (χ3v) is 5.71. The monoisotopic (exact) mass is 412 g/mol. The van der Waals surface area contributed by atoms with Gasteiger partial charge in [0.1, 0.15) is 5.56 Å². The highest BCUT2D eigenvalue weighted by atomic mass is 32.2. The molecule has 3 rings (SSSR count). The fraction of sp³-hybridized carbons (Fsp3) is 0.533. The van der Waals surface area contributed by atoms with Gasteiger partial charge in [-0.3, -0.25) is 19.6 Å². The summed E-state index contributed by atoms with van der Waals surface area (Å²) in [5.41, 5.74) is 0.304. The van der Waals surface area contributed by atoms with Crippen molar-refractivity contribution in [1.29, 1.82) is 0 Å². The molecule has 1 aliphatic heterocycles. The van der Waals surface area contributed by atoms with Crippen LogP contribution in [0.2, 0.25) is 0 Å². The smallest absolute Gasteiger partial charge is 0.264 e. The van der Waals surface area contributed by atoms with Crippen LogP contribution in [0.3, 0.4) is 0 Å². The van der Waals surface area contributed by atoms with Gasteiger partial charge in [-0.2, -0.15) is 0 Å². The number of anilines is 1. The molecule has 0 radical (unpaired) electrons. The maximum absolute atomic E-state index is 12.3. The number of hydrogen-bond donors (Lipinski definition) is 2. The van der Waals surface area contributed by atoms with E-state index in [-0.39, 0.29) is 29.6 Å². The molecule has 146 valence electrons. The van der Waals surface area contributed by atoms with E-state index in [2.05, 4.69) is 25.9 Å². The predicted molar refractivity (Wildman–Crippen MR) is 100 cm³/mol. The fourth-order valence-corrected chi connectivity index (χ4v) is 4.05. The molecule has 2 amide bonds. The summed E-state index contributed by atoms with van der Waals surface area (Å²) in [6.07, 6.45) is 3.70. The van der Waals surface area contributed by atoms with Gasteiger partial charge in [0, 0.05) is 26.4 Å². The van der Waals surface area contributed by atoms with Crippen LogP contribution in [0.1, 0.15) is 23.2 Å². The van der Waals surface area contributed by atoms with Gasteiger partial charge in [-0.1, -0.05) is 23.1 Å². The molecule has 12 heteroatoms. The van der Waals surface area contributed by atoms with Gasteiger partial charge in [0.2, 0.25) is 16.9 Å².